The van der Waals surface area contributed by atoms with Crippen molar-refractivity contribution in [3.05, 3.63) is 23.2 Å². The molecule has 0 aliphatic carbocycles. The summed E-state index contributed by atoms with van der Waals surface area (Å²) in [5.41, 5.74) is 1.01. The van der Waals surface area contributed by atoms with Gasteiger partial charge in [-0.25, -0.2) is 0 Å². The van der Waals surface area contributed by atoms with Crippen molar-refractivity contribution in [2.75, 3.05) is 12.0 Å². The molecule has 4 heteroatoms. The Morgan fingerprint density at radius 3 is 2.56 bits per heavy atom. The van der Waals surface area contributed by atoms with Gasteiger partial charge in [0.25, 0.3) is 0 Å². The minimum atomic E-state index is 0.320. The number of fused-ring (bicyclic) bond motifs is 2. The van der Waals surface area contributed by atoms with Crippen molar-refractivity contribution < 1.29 is 9.53 Å². The quantitative estimate of drug-likeness (QED) is 0.823. The molecule has 2 bridgehead atoms. The van der Waals surface area contributed by atoms with Gasteiger partial charge in [-0.1, -0.05) is 11.6 Å². The van der Waals surface area contributed by atoms with Gasteiger partial charge in [0.05, 0.1) is 17.8 Å². The number of Topliss-reactive ketones (excluding diaryl/α,β-unsaturated/α-hetero) is 1. The van der Waals surface area contributed by atoms with Crippen molar-refractivity contribution in [2.24, 2.45) is 0 Å². The Bertz CT molecular complexity index is 473. The van der Waals surface area contributed by atoms with Crippen molar-refractivity contribution in [3.63, 3.8) is 0 Å². The van der Waals surface area contributed by atoms with Crippen LogP contribution in [0.5, 0.6) is 5.75 Å². The Labute approximate surface area is 112 Å². The van der Waals surface area contributed by atoms with Crippen LogP contribution in [0.3, 0.4) is 0 Å². The Morgan fingerprint density at radius 1 is 1.28 bits per heavy atom. The summed E-state index contributed by atoms with van der Waals surface area (Å²) in [6.07, 6.45) is 3.49. The maximum atomic E-state index is 11.6. The van der Waals surface area contributed by atoms with Crippen molar-refractivity contribution in [1.82, 2.24) is 0 Å². The molecule has 3 rings (SSSR count). The second kappa shape index (κ2) is 4.47. The molecule has 1 aromatic rings. The highest BCUT2D eigenvalue weighted by atomic mass is 35.5. The number of anilines is 1. The fourth-order valence-corrected chi connectivity index (χ4v) is 3.40. The zero-order chi connectivity index (χ0) is 12.7. The van der Waals surface area contributed by atoms with Crippen LogP contribution in [0.15, 0.2) is 18.2 Å². The lowest BCUT2D eigenvalue weighted by atomic mass is 10.0. The van der Waals surface area contributed by atoms with E-state index < -0.39 is 0 Å². The van der Waals surface area contributed by atoms with E-state index in [4.69, 9.17) is 16.3 Å². The van der Waals surface area contributed by atoms with E-state index in [0.29, 0.717) is 30.7 Å². The molecule has 0 spiro atoms. The highest BCUT2D eigenvalue weighted by molar-refractivity contribution is 6.33. The lowest BCUT2D eigenvalue weighted by molar-refractivity contribution is -0.120. The molecule has 0 amide bonds. The molecular formula is C14H16ClNO2. The SMILES string of the molecule is COc1ccc(Cl)c(N2C3CCC2CC(=O)C3)c1. The van der Waals surface area contributed by atoms with Crippen molar-refractivity contribution in [2.45, 2.75) is 37.8 Å². The summed E-state index contributed by atoms with van der Waals surface area (Å²) in [5.74, 6) is 1.20. The first-order chi connectivity index (χ1) is 8.69. The van der Waals surface area contributed by atoms with Crippen LogP contribution in [0, 0.1) is 0 Å². The van der Waals surface area contributed by atoms with E-state index in [0.717, 1.165) is 29.3 Å². The first-order valence-electron chi connectivity index (χ1n) is 6.32. The number of carbonyl (C=O) groups is 1. The maximum absolute atomic E-state index is 11.6. The number of carbonyl (C=O) groups excluding carboxylic acids is 1. The molecule has 2 atom stereocenters. The van der Waals surface area contributed by atoms with Gasteiger partial charge in [-0.05, 0) is 25.0 Å². The zero-order valence-electron chi connectivity index (χ0n) is 10.4. The Balaban J connectivity index is 1.98. The normalized spacial score (nSPS) is 26.6. The number of hydrogen-bond donors (Lipinski definition) is 0. The van der Waals surface area contributed by atoms with E-state index in [9.17, 15) is 4.79 Å². The van der Waals surface area contributed by atoms with Crippen LogP contribution >= 0.6 is 11.6 Å². The number of ketones is 1. The van der Waals surface area contributed by atoms with Crippen LogP contribution < -0.4 is 9.64 Å². The van der Waals surface area contributed by atoms with Gasteiger partial charge in [0, 0.05) is 31.0 Å². The second-order valence-electron chi connectivity index (χ2n) is 5.06. The van der Waals surface area contributed by atoms with Crippen LogP contribution in [0.1, 0.15) is 25.7 Å². The second-order valence-corrected chi connectivity index (χ2v) is 5.46. The van der Waals surface area contributed by atoms with Crippen molar-refractivity contribution in [3.8, 4) is 5.75 Å². The zero-order valence-corrected chi connectivity index (χ0v) is 11.1. The number of rotatable bonds is 2. The predicted octanol–water partition coefficient (Wildman–Crippen LogP) is 3.05. The summed E-state index contributed by atoms with van der Waals surface area (Å²) < 4.78 is 5.26. The van der Waals surface area contributed by atoms with Gasteiger partial charge in [-0.15, -0.1) is 0 Å². The van der Waals surface area contributed by atoms with E-state index in [1.54, 1.807) is 7.11 Å². The van der Waals surface area contributed by atoms with Gasteiger partial charge in [-0.3, -0.25) is 4.79 Å². The van der Waals surface area contributed by atoms with Gasteiger partial charge >= 0.3 is 0 Å². The van der Waals surface area contributed by atoms with E-state index in [1.165, 1.54) is 0 Å². The molecule has 1 aromatic carbocycles. The number of halogens is 1. The first kappa shape index (κ1) is 11.8. The molecule has 3 nitrogen and oxygen atoms in total. The Hall–Kier alpha value is -1.22. The van der Waals surface area contributed by atoms with Crippen LogP contribution in [-0.4, -0.2) is 25.0 Å². The Kier molecular flexibility index (Phi) is 2.94. The molecule has 96 valence electrons. The largest absolute Gasteiger partial charge is 0.497 e. The summed E-state index contributed by atoms with van der Waals surface area (Å²) in [6, 6.07) is 6.35. The molecule has 2 aliphatic heterocycles. The monoisotopic (exact) mass is 265 g/mol. The average molecular weight is 266 g/mol. The number of benzene rings is 1. The summed E-state index contributed by atoms with van der Waals surface area (Å²) in [7, 11) is 1.65. The average Bonchev–Trinajstić information content (AvgIpc) is 2.63. The van der Waals surface area contributed by atoms with Crippen LogP contribution in [0.4, 0.5) is 5.69 Å². The number of nitrogens with zero attached hydrogens (tertiary/aromatic N) is 1. The van der Waals surface area contributed by atoms with Crippen LogP contribution in [-0.2, 0) is 4.79 Å². The molecule has 0 radical (unpaired) electrons. The molecule has 0 N–H and O–H groups in total. The van der Waals surface area contributed by atoms with E-state index >= 15 is 0 Å². The summed E-state index contributed by atoms with van der Waals surface area (Å²) in [5, 5.41) is 0.738. The topological polar surface area (TPSA) is 29.5 Å². The third-order valence-corrected chi connectivity index (χ3v) is 4.30. The molecular weight excluding hydrogens is 250 g/mol. The fraction of sp³-hybridized carbons (Fsp3) is 0.500. The number of hydrogen-bond acceptors (Lipinski definition) is 3. The highest BCUT2D eigenvalue weighted by Crippen LogP contribution is 2.42. The number of methoxy groups -OCH3 is 1. The van der Waals surface area contributed by atoms with Gasteiger partial charge in [0.15, 0.2) is 0 Å². The summed E-state index contributed by atoms with van der Waals surface area (Å²) in [6.45, 7) is 0. The van der Waals surface area contributed by atoms with Gasteiger partial charge in [0.2, 0.25) is 0 Å². The molecule has 2 saturated heterocycles. The number of ether oxygens (including phenoxy) is 1. The molecule has 0 saturated carbocycles. The molecule has 2 aliphatic rings. The fourth-order valence-electron chi connectivity index (χ4n) is 3.18. The van der Waals surface area contributed by atoms with E-state index in [-0.39, 0.29) is 0 Å². The molecule has 0 aromatic heterocycles. The molecule has 18 heavy (non-hydrogen) atoms. The highest BCUT2D eigenvalue weighted by Gasteiger charge is 2.40. The first-order valence-corrected chi connectivity index (χ1v) is 6.70. The van der Waals surface area contributed by atoms with Gasteiger partial charge in [0.1, 0.15) is 11.5 Å². The lowest BCUT2D eigenvalue weighted by Gasteiger charge is -2.36. The molecule has 2 heterocycles. The van der Waals surface area contributed by atoms with Crippen LogP contribution in [0.2, 0.25) is 5.02 Å². The number of piperidine rings is 1. The van der Waals surface area contributed by atoms with Crippen molar-refractivity contribution >= 4 is 23.1 Å². The minimum Gasteiger partial charge on any atom is -0.497 e. The summed E-state index contributed by atoms with van der Waals surface area (Å²) in [4.78, 5) is 14.0. The van der Waals surface area contributed by atoms with Crippen LogP contribution in [0.25, 0.3) is 0 Å². The minimum absolute atomic E-state index is 0.320. The van der Waals surface area contributed by atoms with Gasteiger partial charge < -0.3 is 9.64 Å². The van der Waals surface area contributed by atoms with Crippen molar-refractivity contribution in [1.29, 1.82) is 0 Å². The predicted molar refractivity (Wildman–Crippen MR) is 71.5 cm³/mol. The van der Waals surface area contributed by atoms with Gasteiger partial charge in [-0.2, -0.15) is 0 Å². The molecule has 2 unspecified atom stereocenters. The van der Waals surface area contributed by atoms with E-state index in [1.807, 2.05) is 18.2 Å². The third-order valence-electron chi connectivity index (χ3n) is 3.98. The Morgan fingerprint density at radius 2 is 1.94 bits per heavy atom. The maximum Gasteiger partial charge on any atom is 0.137 e. The lowest BCUT2D eigenvalue weighted by Crippen LogP contribution is -2.43. The molecule has 2 fully saturated rings. The smallest absolute Gasteiger partial charge is 0.137 e. The summed E-state index contributed by atoms with van der Waals surface area (Å²) >= 11 is 6.30. The third kappa shape index (κ3) is 1.87. The van der Waals surface area contributed by atoms with E-state index in [2.05, 4.69) is 4.90 Å². The standard InChI is InChI=1S/C14H16ClNO2/c1-18-12-4-5-13(15)14(8-12)16-9-2-3-10(16)7-11(17)6-9/h4-5,8-10H,2-3,6-7H2,1H3.